The normalized spacial score (nSPS) is 13.9. The second-order valence-corrected chi connectivity index (χ2v) is 5.84. The number of thiophene rings is 1. The summed E-state index contributed by atoms with van der Waals surface area (Å²) in [4.78, 5) is 5.11. The maximum absolute atomic E-state index is 5.88. The van der Waals surface area contributed by atoms with Crippen LogP contribution in [0.4, 0.5) is 0 Å². The number of aryl methyl sites for hydroxylation is 2. The van der Waals surface area contributed by atoms with Crippen LogP contribution in [-0.2, 0) is 0 Å². The molecule has 15 heavy (non-hydrogen) atoms. The van der Waals surface area contributed by atoms with Crippen molar-refractivity contribution in [2.45, 2.75) is 39.8 Å². The summed E-state index contributed by atoms with van der Waals surface area (Å²) in [6.07, 6.45) is 0. The van der Waals surface area contributed by atoms with Gasteiger partial charge in [-0.05, 0) is 46.4 Å². The molecule has 2 N–H and O–H groups in total. The van der Waals surface area contributed by atoms with Crippen LogP contribution in [0.2, 0.25) is 0 Å². The molecule has 0 aromatic carbocycles. The van der Waals surface area contributed by atoms with Gasteiger partial charge in [0, 0.05) is 28.4 Å². The Labute approximate surface area is 97.1 Å². The van der Waals surface area contributed by atoms with Crippen LogP contribution >= 0.6 is 11.3 Å². The third kappa shape index (κ3) is 2.80. The summed E-state index contributed by atoms with van der Waals surface area (Å²) in [7, 11) is 2.15. The summed E-state index contributed by atoms with van der Waals surface area (Å²) in [5.41, 5.74) is 7.28. The standard InChI is InChI=1S/C12H22N2S/c1-8(2)14(5)12(7-13)11-6-9(3)15-10(11)4/h6,8,12H,7,13H2,1-5H3. The van der Waals surface area contributed by atoms with E-state index in [0.29, 0.717) is 18.6 Å². The molecule has 0 aliphatic rings. The molecule has 86 valence electrons. The molecule has 0 saturated carbocycles. The van der Waals surface area contributed by atoms with E-state index in [9.17, 15) is 0 Å². The minimum atomic E-state index is 0.356. The summed E-state index contributed by atoms with van der Waals surface area (Å²) >= 11 is 1.86. The Hall–Kier alpha value is -0.380. The van der Waals surface area contributed by atoms with E-state index in [-0.39, 0.29) is 0 Å². The number of likely N-dealkylation sites (N-methyl/N-ethyl adjacent to an activating group) is 1. The highest BCUT2D eigenvalue weighted by molar-refractivity contribution is 7.12. The fourth-order valence-corrected chi connectivity index (χ4v) is 2.84. The molecule has 3 heteroatoms. The highest BCUT2D eigenvalue weighted by Crippen LogP contribution is 2.29. The van der Waals surface area contributed by atoms with Crippen LogP contribution in [0.5, 0.6) is 0 Å². The molecule has 0 amide bonds. The minimum absolute atomic E-state index is 0.356. The monoisotopic (exact) mass is 226 g/mol. The highest BCUT2D eigenvalue weighted by atomic mass is 32.1. The fourth-order valence-electron chi connectivity index (χ4n) is 1.85. The second-order valence-electron chi connectivity index (χ2n) is 4.38. The summed E-state index contributed by atoms with van der Waals surface area (Å²) in [5.74, 6) is 0. The zero-order valence-corrected chi connectivity index (χ0v) is 11.2. The number of hydrogen-bond donors (Lipinski definition) is 1. The molecule has 2 nitrogen and oxygen atoms in total. The van der Waals surface area contributed by atoms with Crippen LogP contribution < -0.4 is 5.73 Å². The third-order valence-electron chi connectivity index (χ3n) is 2.97. The fraction of sp³-hybridized carbons (Fsp3) is 0.667. The van der Waals surface area contributed by atoms with Gasteiger partial charge in [0.15, 0.2) is 0 Å². The van der Waals surface area contributed by atoms with E-state index in [2.05, 4.69) is 45.7 Å². The molecule has 1 atom stereocenters. The maximum Gasteiger partial charge on any atom is 0.0481 e. The van der Waals surface area contributed by atoms with Crippen LogP contribution in [-0.4, -0.2) is 24.5 Å². The van der Waals surface area contributed by atoms with Crippen molar-refractivity contribution in [1.82, 2.24) is 4.90 Å². The van der Waals surface area contributed by atoms with Gasteiger partial charge in [0.05, 0.1) is 0 Å². The molecule has 0 fully saturated rings. The first-order chi connectivity index (χ1) is 6.97. The van der Waals surface area contributed by atoms with E-state index in [4.69, 9.17) is 5.73 Å². The molecule has 0 spiro atoms. The van der Waals surface area contributed by atoms with Crippen LogP contribution in [0.25, 0.3) is 0 Å². The number of hydrogen-bond acceptors (Lipinski definition) is 3. The quantitative estimate of drug-likeness (QED) is 0.855. The van der Waals surface area contributed by atoms with Gasteiger partial charge in [-0.2, -0.15) is 0 Å². The SMILES string of the molecule is Cc1cc(C(CN)N(C)C(C)C)c(C)s1. The number of rotatable bonds is 4. The summed E-state index contributed by atoms with van der Waals surface area (Å²) in [6, 6.07) is 3.16. The molecular weight excluding hydrogens is 204 g/mol. The van der Waals surface area contributed by atoms with Crippen molar-refractivity contribution < 1.29 is 0 Å². The molecule has 1 aromatic rings. The average Bonchev–Trinajstić information content (AvgIpc) is 2.47. The Morgan fingerprint density at radius 1 is 1.40 bits per heavy atom. The van der Waals surface area contributed by atoms with E-state index in [1.54, 1.807) is 0 Å². The topological polar surface area (TPSA) is 29.3 Å². The Morgan fingerprint density at radius 2 is 2.00 bits per heavy atom. The van der Waals surface area contributed by atoms with E-state index >= 15 is 0 Å². The Kier molecular flexibility index (Phi) is 4.32. The van der Waals surface area contributed by atoms with Gasteiger partial charge < -0.3 is 5.73 Å². The van der Waals surface area contributed by atoms with E-state index in [1.807, 2.05) is 11.3 Å². The van der Waals surface area contributed by atoms with Crippen molar-refractivity contribution in [3.8, 4) is 0 Å². The summed E-state index contributed by atoms with van der Waals surface area (Å²) < 4.78 is 0. The van der Waals surface area contributed by atoms with Gasteiger partial charge in [-0.3, -0.25) is 4.90 Å². The second kappa shape index (κ2) is 5.10. The summed E-state index contributed by atoms with van der Waals surface area (Å²) in [6.45, 7) is 9.44. The lowest BCUT2D eigenvalue weighted by atomic mass is 10.1. The predicted octanol–water partition coefficient (Wildman–Crippen LogP) is 2.70. The van der Waals surface area contributed by atoms with Crippen molar-refractivity contribution >= 4 is 11.3 Å². The lowest BCUT2D eigenvalue weighted by Crippen LogP contribution is -2.35. The van der Waals surface area contributed by atoms with E-state index in [0.717, 1.165) is 0 Å². The predicted molar refractivity (Wildman–Crippen MR) is 68.5 cm³/mol. The molecule has 0 aliphatic heterocycles. The molecule has 0 saturated heterocycles. The molecule has 0 aliphatic carbocycles. The Bertz CT molecular complexity index is 317. The first-order valence-electron chi connectivity index (χ1n) is 5.46. The summed E-state index contributed by atoms with van der Waals surface area (Å²) in [5, 5.41) is 0. The van der Waals surface area contributed by atoms with E-state index in [1.165, 1.54) is 15.3 Å². The van der Waals surface area contributed by atoms with Gasteiger partial charge in [0.1, 0.15) is 0 Å². The van der Waals surface area contributed by atoms with Crippen LogP contribution in [0.15, 0.2) is 6.07 Å². The maximum atomic E-state index is 5.88. The van der Waals surface area contributed by atoms with Gasteiger partial charge in [-0.15, -0.1) is 11.3 Å². The van der Waals surface area contributed by atoms with Crippen LogP contribution in [0.1, 0.15) is 35.2 Å². The van der Waals surface area contributed by atoms with E-state index < -0.39 is 0 Å². The zero-order chi connectivity index (χ0) is 11.6. The molecule has 1 heterocycles. The molecule has 0 radical (unpaired) electrons. The molecular formula is C12H22N2S. The number of nitrogens with zero attached hydrogens (tertiary/aromatic N) is 1. The molecule has 1 aromatic heterocycles. The molecule has 1 unspecified atom stereocenters. The van der Waals surface area contributed by atoms with Crippen molar-refractivity contribution in [2.75, 3.05) is 13.6 Å². The van der Waals surface area contributed by atoms with Gasteiger partial charge in [-0.1, -0.05) is 0 Å². The average molecular weight is 226 g/mol. The smallest absolute Gasteiger partial charge is 0.0481 e. The van der Waals surface area contributed by atoms with Gasteiger partial charge in [0.2, 0.25) is 0 Å². The first-order valence-corrected chi connectivity index (χ1v) is 6.28. The largest absolute Gasteiger partial charge is 0.329 e. The highest BCUT2D eigenvalue weighted by Gasteiger charge is 2.20. The van der Waals surface area contributed by atoms with Gasteiger partial charge >= 0.3 is 0 Å². The van der Waals surface area contributed by atoms with Gasteiger partial charge in [-0.25, -0.2) is 0 Å². The van der Waals surface area contributed by atoms with Crippen molar-refractivity contribution in [3.63, 3.8) is 0 Å². The minimum Gasteiger partial charge on any atom is -0.329 e. The number of nitrogens with two attached hydrogens (primary N) is 1. The Balaban J connectivity index is 2.96. The zero-order valence-electron chi connectivity index (χ0n) is 10.4. The lowest BCUT2D eigenvalue weighted by Gasteiger charge is -2.30. The van der Waals surface area contributed by atoms with Crippen LogP contribution in [0.3, 0.4) is 0 Å². The van der Waals surface area contributed by atoms with Gasteiger partial charge in [0.25, 0.3) is 0 Å². The Morgan fingerprint density at radius 3 is 2.33 bits per heavy atom. The molecule has 0 bridgehead atoms. The van der Waals surface area contributed by atoms with Crippen LogP contribution in [0, 0.1) is 13.8 Å². The van der Waals surface area contributed by atoms with Crippen molar-refractivity contribution in [1.29, 1.82) is 0 Å². The molecule has 1 rings (SSSR count). The van der Waals surface area contributed by atoms with Crippen molar-refractivity contribution in [2.24, 2.45) is 5.73 Å². The third-order valence-corrected chi connectivity index (χ3v) is 3.95. The first kappa shape index (κ1) is 12.7. The van der Waals surface area contributed by atoms with Crippen molar-refractivity contribution in [3.05, 3.63) is 21.4 Å². The lowest BCUT2D eigenvalue weighted by molar-refractivity contribution is 0.201.